The number of anilines is 1. The molecule has 0 bridgehead atoms. The molecule has 0 radical (unpaired) electrons. The molecule has 0 aromatic heterocycles. The maximum atomic E-state index is 11.1. The summed E-state index contributed by atoms with van der Waals surface area (Å²) in [5.41, 5.74) is 6.49. The smallest absolute Gasteiger partial charge is 0.335 e. The minimum absolute atomic E-state index is 0.213. The van der Waals surface area contributed by atoms with E-state index in [2.05, 4.69) is 26.5 Å². The van der Waals surface area contributed by atoms with E-state index in [9.17, 15) is 4.79 Å². The minimum Gasteiger partial charge on any atom is -0.478 e. The highest BCUT2D eigenvalue weighted by atomic mass is 79.9. The molecule has 0 amide bonds. The van der Waals surface area contributed by atoms with Crippen molar-refractivity contribution in [3.8, 4) is 0 Å². The third-order valence-corrected chi connectivity index (χ3v) is 4.10. The van der Waals surface area contributed by atoms with Crippen LogP contribution >= 0.6 is 15.9 Å². The number of benzene rings is 3. The lowest BCUT2D eigenvalue weighted by Gasteiger charge is -2.09. The van der Waals surface area contributed by atoms with Crippen molar-refractivity contribution in [2.24, 2.45) is 5.10 Å². The van der Waals surface area contributed by atoms with Crippen molar-refractivity contribution in [2.45, 2.75) is 0 Å². The van der Waals surface area contributed by atoms with Crippen LogP contribution in [0, 0.1) is 0 Å². The second-order valence-corrected chi connectivity index (χ2v) is 6.25. The molecule has 0 fully saturated rings. The first-order valence-electron chi connectivity index (χ1n) is 7.62. The Kier molecular flexibility index (Phi) is 5.26. The molecule has 2 N–H and O–H groups in total. The van der Waals surface area contributed by atoms with Gasteiger partial charge in [0.15, 0.2) is 0 Å². The van der Waals surface area contributed by atoms with Gasteiger partial charge in [-0.3, -0.25) is 5.43 Å². The predicted molar refractivity (Wildman–Crippen MR) is 103 cm³/mol. The highest BCUT2D eigenvalue weighted by molar-refractivity contribution is 9.10. The second kappa shape index (κ2) is 7.77. The molecule has 0 aliphatic heterocycles. The number of rotatable bonds is 5. The van der Waals surface area contributed by atoms with E-state index >= 15 is 0 Å². The van der Waals surface area contributed by atoms with Crippen LogP contribution in [0.5, 0.6) is 0 Å². The highest BCUT2D eigenvalue weighted by Gasteiger charge is 2.08. The minimum atomic E-state index is -0.969. The standard InChI is InChI=1S/C20H15BrN2O2/c21-17-11-9-15(10-12-17)19(14-5-2-1-3-6-14)23-22-18-8-4-7-16(13-18)20(24)25/h1-13,22H,(H,24,25). The van der Waals surface area contributed by atoms with Crippen LogP contribution in [0.15, 0.2) is 88.4 Å². The lowest BCUT2D eigenvalue weighted by Crippen LogP contribution is -2.07. The molecule has 0 aliphatic carbocycles. The average molecular weight is 395 g/mol. The maximum Gasteiger partial charge on any atom is 0.335 e. The van der Waals surface area contributed by atoms with Gasteiger partial charge < -0.3 is 5.11 Å². The second-order valence-electron chi connectivity index (χ2n) is 5.33. The van der Waals surface area contributed by atoms with Crippen molar-refractivity contribution in [1.29, 1.82) is 0 Å². The molecule has 25 heavy (non-hydrogen) atoms. The monoisotopic (exact) mass is 394 g/mol. The SMILES string of the molecule is O=C(O)c1cccc(NN=C(c2ccccc2)c2ccc(Br)cc2)c1. The molecule has 0 aliphatic rings. The quantitative estimate of drug-likeness (QED) is 0.472. The van der Waals surface area contributed by atoms with Crippen molar-refractivity contribution < 1.29 is 9.90 Å². The zero-order chi connectivity index (χ0) is 17.6. The molecule has 0 saturated heterocycles. The first kappa shape index (κ1) is 16.9. The van der Waals surface area contributed by atoms with Gasteiger partial charge >= 0.3 is 5.97 Å². The summed E-state index contributed by atoms with van der Waals surface area (Å²) in [6, 6.07) is 24.3. The van der Waals surface area contributed by atoms with Gasteiger partial charge in [-0.15, -0.1) is 0 Å². The van der Waals surface area contributed by atoms with Gasteiger partial charge in [0.1, 0.15) is 0 Å². The fraction of sp³-hybridized carbons (Fsp3) is 0. The van der Waals surface area contributed by atoms with Gasteiger partial charge in [-0.25, -0.2) is 4.79 Å². The third-order valence-electron chi connectivity index (χ3n) is 3.57. The number of hydrogen-bond acceptors (Lipinski definition) is 3. The van der Waals surface area contributed by atoms with Crippen LogP contribution < -0.4 is 5.43 Å². The molecule has 0 unspecified atom stereocenters. The molecule has 5 heteroatoms. The van der Waals surface area contributed by atoms with Gasteiger partial charge in [0.25, 0.3) is 0 Å². The summed E-state index contributed by atoms with van der Waals surface area (Å²) in [5.74, 6) is -0.969. The largest absolute Gasteiger partial charge is 0.478 e. The Morgan fingerprint density at radius 3 is 2.16 bits per heavy atom. The van der Waals surface area contributed by atoms with Crippen molar-refractivity contribution in [3.05, 3.63) is 100 Å². The number of nitrogens with zero attached hydrogens (tertiary/aromatic N) is 1. The normalized spacial score (nSPS) is 11.2. The summed E-state index contributed by atoms with van der Waals surface area (Å²) in [5, 5.41) is 13.6. The summed E-state index contributed by atoms with van der Waals surface area (Å²) in [7, 11) is 0. The van der Waals surface area contributed by atoms with Gasteiger partial charge in [-0.2, -0.15) is 5.10 Å². The molecular weight excluding hydrogens is 380 g/mol. The molecule has 3 rings (SSSR count). The predicted octanol–water partition coefficient (Wildman–Crippen LogP) is 5.01. The Balaban J connectivity index is 1.97. The van der Waals surface area contributed by atoms with Gasteiger partial charge in [0, 0.05) is 15.6 Å². The summed E-state index contributed by atoms with van der Waals surface area (Å²) >= 11 is 3.44. The molecule has 3 aromatic carbocycles. The van der Waals surface area contributed by atoms with Crippen molar-refractivity contribution in [2.75, 3.05) is 5.43 Å². The van der Waals surface area contributed by atoms with E-state index in [1.807, 2.05) is 54.6 Å². The lowest BCUT2D eigenvalue weighted by molar-refractivity contribution is 0.0697. The topological polar surface area (TPSA) is 61.7 Å². The van der Waals surface area contributed by atoms with E-state index in [1.165, 1.54) is 0 Å². The molecule has 0 heterocycles. The van der Waals surface area contributed by atoms with Gasteiger partial charge in [-0.1, -0.05) is 64.5 Å². The van der Waals surface area contributed by atoms with Crippen molar-refractivity contribution in [1.82, 2.24) is 0 Å². The number of carbonyl (C=O) groups is 1. The summed E-state index contributed by atoms with van der Waals surface area (Å²) < 4.78 is 0.991. The molecule has 4 nitrogen and oxygen atoms in total. The van der Waals surface area contributed by atoms with E-state index in [-0.39, 0.29) is 5.56 Å². The molecule has 0 atom stereocenters. The highest BCUT2D eigenvalue weighted by Crippen LogP contribution is 2.17. The third kappa shape index (κ3) is 4.33. The Morgan fingerprint density at radius 2 is 1.48 bits per heavy atom. The van der Waals surface area contributed by atoms with Gasteiger partial charge in [0.2, 0.25) is 0 Å². The first-order chi connectivity index (χ1) is 12.1. The van der Waals surface area contributed by atoms with Crippen LogP contribution in [0.4, 0.5) is 5.69 Å². The van der Waals surface area contributed by atoms with Crippen LogP contribution in [-0.4, -0.2) is 16.8 Å². The molecular formula is C20H15BrN2O2. The fourth-order valence-corrected chi connectivity index (χ4v) is 2.61. The first-order valence-corrected chi connectivity index (χ1v) is 8.41. The summed E-state index contributed by atoms with van der Waals surface area (Å²) in [4.78, 5) is 11.1. The fourth-order valence-electron chi connectivity index (χ4n) is 2.34. The number of hydrogen-bond donors (Lipinski definition) is 2. The zero-order valence-electron chi connectivity index (χ0n) is 13.2. The van der Waals surface area contributed by atoms with Crippen LogP contribution in [0.3, 0.4) is 0 Å². The Hall–Kier alpha value is -2.92. The van der Waals surface area contributed by atoms with Crippen molar-refractivity contribution >= 4 is 33.3 Å². The van der Waals surface area contributed by atoms with Crippen LogP contribution in [0.1, 0.15) is 21.5 Å². The summed E-state index contributed by atoms with van der Waals surface area (Å²) in [6.07, 6.45) is 0. The Labute approximate surface area is 154 Å². The summed E-state index contributed by atoms with van der Waals surface area (Å²) in [6.45, 7) is 0. The molecule has 3 aromatic rings. The molecule has 0 saturated carbocycles. The number of nitrogens with one attached hydrogen (secondary N) is 1. The van der Waals surface area contributed by atoms with E-state index in [4.69, 9.17) is 5.11 Å². The zero-order valence-corrected chi connectivity index (χ0v) is 14.8. The molecule has 0 spiro atoms. The van der Waals surface area contributed by atoms with E-state index in [0.29, 0.717) is 5.69 Å². The van der Waals surface area contributed by atoms with Crippen molar-refractivity contribution in [3.63, 3.8) is 0 Å². The lowest BCUT2D eigenvalue weighted by atomic mass is 10.0. The Bertz CT molecular complexity index is 906. The number of aromatic carboxylic acids is 1. The van der Waals surface area contributed by atoms with Crippen LogP contribution in [-0.2, 0) is 0 Å². The van der Waals surface area contributed by atoms with Crippen LogP contribution in [0.25, 0.3) is 0 Å². The van der Waals surface area contributed by atoms with E-state index in [0.717, 1.165) is 21.3 Å². The van der Waals surface area contributed by atoms with Crippen LogP contribution in [0.2, 0.25) is 0 Å². The van der Waals surface area contributed by atoms with E-state index in [1.54, 1.807) is 24.3 Å². The number of carboxylic acid groups (broad SMARTS) is 1. The number of halogens is 1. The molecule has 124 valence electrons. The number of hydrazone groups is 1. The maximum absolute atomic E-state index is 11.1. The van der Waals surface area contributed by atoms with Gasteiger partial charge in [0.05, 0.1) is 17.0 Å². The Morgan fingerprint density at radius 1 is 0.840 bits per heavy atom. The average Bonchev–Trinajstić information content (AvgIpc) is 2.64. The number of carboxylic acids is 1. The van der Waals surface area contributed by atoms with Gasteiger partial charge in [-0.05, 0) is 30.3 Å². The van der Waals surface area contributed by atoms with E-state index < -0.39 is 5.97 Å².